The standard InChI is InChI=1S/C32H29F3N4O4S/c1-43-23-14-12-20(13-15-23)26-16-25(32(33,34)35)24(18-36)30(37-26)44-19-29(41)38(21-8-4-2-5-9-21)27-17-28(40)39(31(27)42)22-10-6-3-7-11-22/h3,6-7,10-16,21,27H,2,4-5,8-9,17,19H2,1H3/t27-/m0/s1. The molecule has 2 aliphatic rings. The molecular formula is C32H29F3N4O4S. The summed E-state index contributed by atoms with van der Waals surface area (Å²) in [6, 6.07) is 15.9. The van der Waals surface area contributed by atoms with Crippen LogP contribution in [-0.4, -0.2) is 52.6 Å². The van der Waals surface area contributed by atoms with Gasteiger partial charge in [-0.15, -0.1) is 0 Å². The summed E-state index contributed by atoms with van der Waals surface area (Å²) in [5.74, 6) is -1.31. The molecule has 3 aromatic rings. The molecule has 0 radical (unpaired) electrons. The first-order chi connectivity index (χ1) is 21.1. The lowest BCUT2D eigenvalue weighted by molar-refractivity contribution is -0.139. The van der Waals surface area contributed by atoms with E-state index < -0.39 is 41.1 Å². The molecule has 0 spiro atoms. The van der Waals surface area contributed by atoms with Crippen LogP contribution >= 0.6 is 11.8 Å². The maximum absolute atomic E-state index is 14.1. The van der Waals surface area contributed by atoms with Gasteiger partial charge in [0, 0.05) is 11.6 Å². The normalized spacial score (nSPS) is 17.4. The number of hydrogen-bond acceptors (Lipinski definition) is 7. The number of carbonyl (C=O) groups is 3. The number of imide groups is 1. The summed E-state index contributed by atoms with van der Waals surface area (Å²) in [6.45, 7) is 0. The van der Waals surface area contributed by atoms with Gasteiger partial charge in [-0.25, -0.2) is 9.88 Å². The van der Waals surface area contributed by atoms with Gasteiger partial charge in [-0.05, 0) is 55.3 Å². The molecule has 0 bridgehead atoms. The fraction of sp³-hybridized carbons (Fsp3) is 0.344. The average molecular weight is 623 g/mol. The van der Waals surface area contributed by atoms with E-state index in [9.17, 15) is 32.8 Å². The minimum absolute atomic E-state index is 0.0202. The van der Waals surface area contributed by atoms with Crippen LogP contribution in [0.3, 0.4) is 0 Å². The lowest BCUT2D eigenvalue weighted by atomic mass is 9.92. The number of nitrogens with zero attached hydrogens (tertiary/aromatic N) is 4. The smallest absolute Gasteiger partial charge is 0.417 e. The summed E-state index contributed by atoms with van der Waals surface area (Å²) < 4.78 is 47.4. The molecule has 12 heteroatoms. The number of aromatic nitrogens is 1. The van der Waals surface area contributed by atoms with Crippen molar-refractivity contribution in [3.63, 3.8) is 0 Å². The van der Waals surface area contributed by atoms with E-state index in [4.69, 9.17) is 4.74 Å². The maximum Gasteiger partial charge on any atom is 0.417 e. The van der Waals surface area contributed by atoms with E-state index in [2.05, 4.69) is 4.98 Å². The predicted octanol–water partition coefficient (Wildman–Crippen LogP) is 6.23. The number of amides is 3. The molecule has 0 N–H and O–H groups in total. The second-order valence-corrected chi connectivity index (χ2v) is 11.5. The Morgan fingerprint density at radius 2 is 1.77 bits per heavy atom. The van der Waals surface area contributed by atoms with Crippen LogP contribution < -0.4 is 9.64 Å². The Morgan fingerprint density at radius 1 is 1.09 bits per heavy atom. The Balaban J connectivity index is 1.46. The van der Waals surface area contributed by atoms with Crippen molar-refractivity contribution in [3.05, 3.63) is 71.8 Å². The predicted molar refractivity (Wildman–Crippen MR) is 158 cm³/mol. The molecule has 1 atom stereocenters. The quantitative estimate of drug-likeness (QED) is 0.217. The Bertz CT molecular complexity index is 1590. The molecule has 1 aromatic heterocycles. The first-order valence-corrected chi connectivity index (χ1v) is 15.1. The van der Waals surface area contributed by atoms with Crippen LogP contribution in [0.25, 0.3) is 11.3 Å². The number of halogens is 3. The molecule has 1 saturated heterocycles. The van der Waals surface area contributed by atoms with Gasteiger partial charge in [0.05, 0.1) is 41.8 Å². The van der Waals surface area contributed by atoms with Gasteiger partial charge in [-0.1, -0.05) is 49.2 Å². The van der Waals surface area contributed by atoms with Gasteiger partial charge in [0.15, 0.2) is 0 Å². The van der Waals surface area contributed by atoms with Gasteiger partial charge >= 0.3 is 6.18 Å². The van der Waals surface area contributed by atoms with Gasteiger partial charge in [0.1, 0.15) is 22.9 Å². The molecule has 5 rings (SSSR count). The first-order valence-electron chi connectivity index (χ1n) is 14.1. The Morgan fingerprint density at radius 3 is 2.39 bits per heavy atom. The number of alkyl halides is 3. The molecule has 2 aromatic carbocycles. The molecule has 228 valence electrons. The third-order valence-electron chi connectivity index (χ3n) is 7.85. The van der Waals surface area contributed by atoms with Gasteiger partial charge in [0.2, 0.25) is 11.8 Å². The van der Waals surface area contributed by atoms with E-state index in [1.54, 1.807) is 60.7 Å². The van der Waals surface area contributed by atoms with Crippen LogP contribution in [0.1, 0.15) is 49.7 Å². The molecule has 2 fully saturated rings. The van der Waals surface area contributed by atoms with Crippen LogP contribution in [0.4, 0.5) is 18.9 Å². The Hall–Kier alpha value is -4.37. The zero-order valence-corrected chi connectivity index (χ0v) is 24.7. The topological polar surface area (TPSA) is 104 Å². The number of rotatable bonds is 8. The Labute approximate surface area is 256 Å². The number of hydrogen-bond donors (Lipinski definition) is 0. The minimum atomic E-state index is -4.85. The molecule has 1 aliphatic carbocycles. The van der Waals surface area contributed by atoms with Crippen molar-refractivity contribution in [1.29, 1.82) is 5.26 Å². The molecule has 3 amide bonds. The monoisotopic (exact) mass is 622 g/mol. The number of pyridine rings is 1. The number of thioether (sulfide) groups is 1. The first kappa shape index (κ1) is 31.1. The summed E-state index contributed by atoms with van der Waals surface area (Å²) >= 11 is 0.717. The van der Waals surface area contributed by atoms with Crippen molar-refractivity contribution in [2.75, 3.05) is 17.8 Å². The van der Waals surface area contributed by atoms with Crippen molar-refractivity contribution in [3.8, 4) is 23.1 Å². The van der Waals surface area contributed by atoms with E-state index in [0.29, 0.717) is 29.8 Å². The number of methoxy groups -OCH3 is 1. The molecule has 0 unspecified atom stereocenters. The van der Waals surface area contributed by atoms with E-state index in [0.717, 1.165) is 42.0 Å². The van der Waals surface area contributed by atoms with Crippen LogP contribution in [-0.2, 0) is 20.6 Å². The van der Waals surface area contributed by atoms with E-state index in [1.165, 1.54) is 12.0 Å². The number of anilines is 1. The molecular weight excluding hydrogens is 593 g/mol. The van der Waals surface area contributed by atoms with Crippen LogP contribution in [0, 0.1) is 11.3 Å². The molecule has 8 nitrogen and oxygen atoms in total. The van der Waals surface area contributed by atoms with Crippen molar-refractivity contribution >= 4 is 35.2 Å². The van der Waals surface area contributed by atoms with Crippen LogP contribution in [0.5, 0.6) is 5.75 Å². The van der Waals surface area contributed by atoms with Crippen molar-refractivity contribution in [2.24, 2.45) is 0 Å². The number of carbonyl (C=O) groups excluding carboxylic acids is 3. The second kappa shape index (κ2) is 13.1. The summed E-state index contributed by atoms with van der Waals surface area (Å²) in [6.07, 6.45) is -1.07. The SMILES string of the molecule is COc1ccc(-c2cc(C(F)(F)F)c(C#N)c(SCC(=O)N(C3CCCCC3)[C@H]3CC(=O)N(c4ccccc4)C3=O)n2)cc1. The highest BCUT2D eigenvalue weighted by Crippen LogP contribution is 2.39. The largest absolute Gasteiger partial charge is 0.497 e. The number of nitriles is 1. The fourth-order valence-electron chi connectivity index (χ4n) is 5.74. The average Bonchev–Trinajstić information content (AvgIpc) is 3.32. The summed E-state index contributed by atoms with van der Waals surface area (Å²) in [5, 5.41) is 9.50. The molecule has 1 aliphatic heterocycles. The van der Waals surface area contributed by atoms with Gasteiger partial charge in [0.25, 0.3) is 5.91 Å². The van der Waals surface area contributed by atoms with Crippen LogP contribution in [0.2, 0.25) is 0 Å². The van der Waals surface area contributed by atoms with Crippen molar-refractivity contribution < 1.29 is 32.3 Å². The zero-order chi connectivity index (χ0) is 31.4. The number of benzene rings is 2. The lowest BCUT2D eigenvalue weighted by Gasteiger charge is -2.37. The van der Waals surface area contributed by atoms with Gasteiger partial charge in [-0.2, -0.15) is 18.4 Å². The lowest BCUT2D eigenvalue weighted by Crippen LogP contribution is -2.52. The molecule has 1 saturated carbocycles. The zero-order valence-electron chi connectivity index (χ0n) is 23.8. The molecule has 2 heterocycles. The van der Waals surface area contributed by atoms with Crippen LogP contribution in [0.15, 0.2) is 65.7 Å². The number of para-hydroxylation sites is 1. The second-order valence-electron chi connectivity index (χ2n) is 10.6. The molecule has 44 heavy (non-hydrogen) atoms. The van der Waals surface area contributed by atoms with E-state index >= 15 is 0 Å². The fourth-order valence-corrected chi connectivity index (χ4v) is 6.62. The highest BCUT2D eigenvalue weighted by Gasteiger charge is 2.46. The van der Waals surface area contributed by atoms with Crippen molar-refractivity contribution in [2.45, 2.75) is 61.8 Å². The summed E-state index contributed by atoms with van der Waals surface area (Å²) in [4.78, 5) is 47.4. The van der Waals surface area contributed by atoms with E-state index in [-0.39, 0.29) is 28.9 Å². The highest BCUT2D eigenvalue weighted by molar-refractivity contribution is 8.00. The van der Waals surface area contributed by atoms with Gasteiger partial charge < -0.3 is 9.64 Å². The van der Waals surface area contributed by atoms with E-state index in [1.807, 2.05) is 0 Å². The number of ether oxygens (including phenoxy) is 1. The third-order valence-corrected chi connectivity index (χ3v) is 8.81. The van der Waals surface area contributed by atoms with Gasteiger partial charge in [-0.3, -0.25) is 14.4 Å². The third kappa shape index (κ3) is 6.43. The summed E-state index contributed by atoms with van der Waals surface area (Å²) in [7, 11) is 1.47. The maximum atomic E-state index is 14.1. The summed E-state index contributed by atoms with van der Waals surface area (Å²) in [5.41, 5.74) is -1.08. The Kier molecular flexibility index (Phi) is 9.25. The van der Waals surface area contributed by atoms with Crippen molar-refractivity contribution in [1.82, 2.24) is 9.88 Å². The highest BCUT2D eigenvalue weighted by atomic mass is 32.2. The minimum Gasteiger partial charge on any atom is -0.497 e.